The van der Waals surface area contributed by atoms with Crippen LogP contribution in [0.15, 0.2) is 12.1 Å². The highest BCUT2D eigenvalue weighted by atomic mass is 35.5. The molecule has 1 N–H and O–H groups in total. The third kappa shape index (κ3) is 4.58. The van der Waals surface area contributed by atoms with E-state index in [0.717, 1.165) is 29.0 Å². The maximum atomic E-state index is 6.27. The van der Waals surface area contributed by atoms with Gasteiger partial charge in [-0.15, -0.1) is 0 Å². The maximum absolute atomic E-state index is 6.27. The smallest absolute Gasteiger partial charge is 0.128 e. The molecule has 0 bridgehead atoms. The van der Waals surface area contributed by atoms with Crippen LogP contribution in [0.2, 0.25) is 5.02 Å². The second-order valence-electron chi connectivity index (χ2n) is 6.66. The summed E-state index contributed by atoms with van der Waals surface area (Å²) in [6.45, 7) is 7.34. The Morgan fingerprint density at radius 1 is 1.29 bits per heavy atom. The lowest BCUT2D eigenvalue weighted by Crippen LogP contribution is -2.35. The van der Waals surface area contributed by atoms with Gasteiger partial charge >= 0.3 is 0 Å². The van der Waals surface area contributed by atoms with Crippen LogP contribution in [0.4, 0.5) is 5.82 Å². The van der Waals surface area contributed by atoms with Crippen molar-refractivity contribution in [1.82, 2.24) is 10.3 Å². The number of nitrogens with one attached hydrogen (secondary N) is 1. The molecule has 1 aromatic heterocycles. The maximum Gasteiger partial charge on any atom is 0.128 e. The topological polar surface area (TPSA) is 28.2 Å². The number of nitrogens with zero attached hydrogens (tertiary/aromatic N) is 2. The molecule has 0 saturated heterocycles. The number of halogens is 1. The van der Waals surface area contributed by atoms with Gasteiger partial charge in [-0.3, -0.25) is 0 Å². The van der Waals surface area contributed by atoms with E-state index in [-0.39, 0.29) is 0 Å². The standard InChI is InChI=1S/C17H28ClN3/c1-12(2)19-11-16-15(18)9-10-17(20-16)21(4)14-7-5-13(3)6-8-14/h9-10,12-14,19H,5-8,11H2,1-4H3. The highest BCUT2D eigenvalue weighted by molar-refractivity contribution is 6.31. The van der Waals surface area contributed by atoms with E-state index in [0.29, 0.717) is 12.1 Å². The van der Waals surface area contributed by atoms with E-state index >= 15 is 0 Å². The Morgan fingerprint density at radius 3 is 2.57 bits per heavy atom. The van der Waals surface area contributed by atoms with Crippen LogP contribution in [0.1, 0.15) is 52.1 Å². The monoisotopic (exact) mass is 309 g/mol. The molecule has 1 fully saturated rings. The van der Waals surface area contributed by atoms with Gasteiger partial charge in [0.05, 0.1) is 10.7 Å². The quantitative estimate of drug-likeness (QED) is 0.881. The van der Waals surface area contributed by atoms with Gasteiger partial charge in [-0.25, -0.2) is 4.98 Å². The van der Waals surface area contributed by atoms with Crippen molar-refractivity contribution in [2.24, 2.45) is 5.92 Å². The summed E-state index contributed by atoms with van der Waals surface area (Å²) in [6.07, 6.45) is 5.18. The van der Waals surface area contributed by atoms with E-state index in [9.17, 15) is 0 Å². The first-order valence-electron chi connectivity index (χ1n) is 8.09. The fraction of sp³-hybridized carbons (Fsp3) is 0.706. The molecule has 1 aliphatic carbocycles. The summed E-state index contributed by atoms with van der Waals surface area (Å²) in [5.41, 5.74) is 0.943. The number of pyridine rings is 1. The van der Waals surface area contributed by atoms with Crippen molar-refractivity contribution in [2.45, 2.75) is 65.1 Å². The second-order valence-corrected chi connectivity index (χ2v) is 7.07. The van der Waals surface area contributed by atoms with Crippen molar-refractivity contribution in [1.29, 1.82) is 0 Å². The Labute approximate surface area is 134 Å². The SMILES string of the molecule is CC1CCC(N(C)c2ccc(Cl)c(CNC(C)C)n2)CC1. The molecule has 0 amide bonds. The molecule has 0 aliphatic heterocycles. The zero-order valence-electron chi connectivity index (χ0n) is 13.7. The predicted octanol–water partition coefficient (Wildman–Crippen LogP) is 4.25. The average Bonchev–Trinajstić information content (AvgIpc) is 2.46. The normalized spacial score (nSPS) is 22.6. The van der Waals surface area contributed by atoms with Crippen LogP contribution in [-0.4, -0.2) is 24.1 Å². The van der Waals surface area contributed by atoms with Gasteiger partial charge in [0.2, 0.25) is 0 Å². The molecule has 1 aromatic rings. The summed E-state index contributed by atoms with van der Waals surface area (Å²) in [5, 5.41) is 4.14. The largest absolute Gasteiger partial charge is 0.357 e. The van der Waals surface area contributed by atoms with E-state index in [4.69, 9.17) is 16.6 Å². The van der Waals surface area contributed by atoms with Gasteiger partial charge in [0.1, 0.15) is 5.82 Å². The Bertz CT molecular complexity index is 453. The van der Waals surface area contributed by atoms with Crippen molar-refractivity contribution < 1.29 is 0 Å². The van der Waals surface area contributed by atoms with Crippen LogP contribution in [0.3, 0.4) is 0 Å². The molecule has 1 saturated carbocycles. The lowest BCUT2D eigenvalue weighted by Gasteiger charge is -2.34. The van der Waals surface area contributed by atoms with Gasteiger partial charge < -0.3 is 10.2 Å². The van der Waals surface area contributed by atoms with E-state index in [1.807, 2.05) is 12.1 Å². The minimum absolute atomic E-state index is 0.434. The van der Waals surface area contributed by atoms with Crippen molar-refractivity contribution in [3.8, 4) is 0 Å². The van der Waals surface area contributed by atoms with Crippen LogP contribution < -0.4 is 10.2 Å². The molecule has 1 heterocycles. The van der Waals surface area contributed by atoms with Crippen molar-refractivity contribution in [2.75, 3.05) is 11.9 Å². The molecule has 118 valence electrons. The van der Waals surface area contributed by atoms with Crippen LogP contribution in [0.25, 0.3) is 0 Å². The van der Waals surface area contributed by atoms with Gasteiger partial charge in [-0.1, -0.05) is 32.4 Å². The van der Waals surface area contributed by atoms with Gasteiger partial charge in [-0.2, -0.15) is 0 Å². The molecule has 1 aliphatic rings. The Balaban J connectivity index is 2.06. The van der Waals surface area contributed by atoms with Crippen LogP contribution in [0.5, 0.6) is 0 Å². The highest BCUT2D eigenvalue weighted by Crippen LogP contribution is 2.29. The number of hydrogen-bond donors (Lipinski definition) is 1. The molecule has 0 spiro atoms. The lowest BCUT2D eigenvalue weighted by atomic mass is 9.87. The van der Waals surface area contributed by atoms with Crippen molar-refractivity contribution >= 4 is 17.4 Å². The summed E-state index contributed by atoms with van der Waals surface area (Å²) in [6, 6.07) is 5.06. The van der Waals surface area contributed by atoms with E-state index in [1.54, 1.807) is 0 Å². The summed E-state index contributed by atoms with van der Waals surface area (Å²) < 4.78 is 0. The van der Waals surface area contributed by atoms with Crippen LogP contribution in [-0.2, 0) is 6.54 Å². The van der Waals surface area contributed by atoms with Gasteiger partial charge in [0.25, 0.3) is 0 Å². The third-order valence-electron chi connectivity index (χ3n) is 4.48. The van der Waals surface area contributed by atoms with Gasteiger partial charge in [0, 0.05) is 25.7 Å². The Hall–Kier alpha value is -0.800. The van der Waals surface area contributed by atoms with Gasteiger partial charge in [-0.05, 0) is 43.7 Å². The van der Waals surface area contributed by atoms with Crippen molar-refractivity contribution in [3.05, 3.63) is 22.8 Å². The first-order chi connectivity index (χ1) is 9.97. The van der Waals surface area contributed by atoms with Gasteiger partial charge in [0.15, 0.2) is 0 Å². The fourth-order valence-electron chi connectivity index (χ4n) is 2.91. The third-order valence-corrected chi connectivity index (χ3v) is 4.82. The molecule has 0 unspecified atom stereocenters. The summed E-state index contributed by atoms with van der Waals surface area (Å²) >= 11 is 6.27. The minimum atomic E-state index is 0.434. The van der Waals surface area contributed by atoms with E-state index in [2.05, 4.69) is 38.0 Å². The molecule has 0 aromatic carbocycles. The minimum Gasteiger partial charge on any atom is -0.357 e. The Kier molecular flexibility index (Phi) is 5.88. The molecular weight excluding hydrogens is 282 g/mol. The second kappa shape index (κ2) is 7.46. The predicted molar refractivity (Wildman–Crippen MR) is 91.0 cm³/mol. The Morgan fingerprint density at radius 2 is 1.95 bits per heavy atom. The van der Waals surface area contributed by atoms with Crippen LogP contribution >= 0.6 is 11.6 Å². The lowest BCUT2D eigenvalue weighted by molar-refractivity contribution is 0.340. The van der Waals surface area contributed by atoms with E-state index < -0.39 is 0 Å². The zero-order valence-corrected chi connectivity index (χ0v) is 14.5. The summed E-state index contributed by atoms with van der Waals surface area (Å²) in [4.78, 5) is 7.10. The van der Waals surface area contributed by atoms with E-state index in [1.165, 1.54) is 25.7 Å². The number of hydrogen-bond acceptors (Lipinski definition) is 3. The molecule has 0 atom stereocenters. The molecular formula is C17H28ClN3. The summed E-state index contributed by atoms with van der Waals surface area (Å²) in [7, 11) is 2.16. The molecule has 0 radical (unpaired) electrons. The molecule has 3 nitrogen and oxygen atoms in total. The van der Waals surface area contributed by atoms with Crippen molar-refractivity contribution in [3.63, 3.8) is 0 Å². The molecule has 2 rings (SSSR count). The molecule has 21 heavy (non-hydrogen) atoms. The number of aromatic nitrogens is 1. The average molecular weight is 310 g/mol. The first-order valence-corrected chi connectivity index (χ1v) is 8.46. The highest BCUT2D eigenvalue weighted by Gasteiger charge is 2.22. The summed E-state index contributed by atoms with van der Waals surface area (Å²) in [5.74, 6) is 1.91. The zero-order chi connectivity index (χ0) is 15.4. The number of anilines is 1. The first kappa shape index (κ1) is 16.6. The molecule has 4 heteroatoms. The fourth-order valence-corrected chi connectivity index (χ4v) is 3.08. The number of rotatable bonds is 5. The van der Waals surface area contributed by atoms with Crippen LogP contribution in [0, 0.1) is 5.92 Å².